The van der Waals surface area contributed by atoms with Gasteiger partial charge in [-0.3, -0.25) is 9.36 Å². The molecule has 2 aromatic rings. The molecule has 2 heterocycles. The molecule has 0 aromatic carbocycles. The van der Waals surface area contributed by atoms with Crippen molar-refractivity contribution in [2.75, 3.05) is 20.1 Å². The van der Waals surface area contributed by atoms with Gasteiger partial charge in [0.1, 0.15) is 4.70 Å². The van der Waals surface area contributed by atoms with Crippen molar-refractivity contribution >= 4 is 21.6 Å². The van der Waals surface area contributed by atoms with Crippen LogP contribution in [0, 0.1) is 0 Å². The molecule has 0 saturated heterocycles. The number of hydrogen-bond acceptors (Lipinski definition) is 5. The molecule has 2 rings (SSSR count). The van der Waals surface area contributed by atoms with Gasteiger partial charge in [0.05, 0.1) is 11.8 Å². The van der Waals surface area contributed by atoms with Crippen LogP contribution < -0.4 is 5.56 Å². The van der Waals surface area contributed by atoms with Crippen LogP contribution in [0.2, 0.25) is 0 Å². The Morgan fingerprint density at radius 1 is 1.52 bits per heavy atom. The Hall–Kier alpha value is -1.45. The van der Waals surface area contributed by atoms with E-state index in [0.717, 1.165) is 0 Å². The second-order valence-electron chi connectivity index (χ2n) is 4.70. The molecule has 1 atom stereocenters. The monoisotopic (exact) mass is 321 g/mol. The molecule has 0 radical (unpaired) electrons. The van der Waals surface area contributed by atoms with Gasteiger partial charge in [-0.1, -0.05) is 0 Å². The van der Waals surface area contributed by atoms with Gasteiger partial charge in [-0.15, -0.1) is 11.3 Å². The largest absolute Gasteiger partial charge is 0.415 e. The van der Waals surface area contributed by atoms with Crippen molar-refractivity contribution in [3.63, 3.8) is 0 Å². The third kappa shape index (κ3) is 3.80. The normalized spacial score (nSPS) is 14.0. The summed E-state index contributed by atoms with van der Waals surface area (Å²) in [6.07, 6.45) is -5.65. The average Bonchev–Trinajstić information content (AvgIpc) is 2.86. The van der Waals surface area contributed by atoms with E-state index in [9.17, 15) is 18.0 Å². The Bertz CT molecular complexity index is 668. The van der Waals surface area contributed by atoms with Crippen LogP contribution in [0.5, 0.6) is 0 Å². The number of hydrogen-bond donors (Lipinski definition) is 1. The van der Waals surface area contributed by atoms with Gasteiger partial charge in [0.15, 0.2) is 6.10 Å². The molecule has 0 fully saturated rings. The van der Waals surface area contributed by atoms with Crippen LogP contribution in [0.1, 0.15) is 0 Å². The maximum Gasteiger partial charge on any atom is 0.415 e. The Kier molecular flexibility index (Phi) is 4.64. The van der Waals surface area contributed by atoms with Crippen molar-refractivity contribution in [1.82, 2.24) is 14.5 Å². The smallest absolute Gasteiger partial charge is 0.382 e. The molecule has 1 unspecified atom stereocenters. The molecular formula is C12H14F3N3O2S. The number of aliphatic hydroxyl groups is 1. The van der Waals surface area contributed by atoms with Crippen molar-refractivity contribution in [1.29, 1.82) is 0 Å². The van der Waals surface area contributed by atoms with Gasteiger partial charge in [0, 0.05) is 19.6 Å². The van der Waals surface area contributed by atoms with Gasteiger partial charge in [-0.05, 0) is 18.5 Å². The van der Waals surface area contributed by atoms with Crippen molar-refractivity contribution in [2.45, 2.75) is 18.8 Å². The van der Waals surface area contributed by atoms with Crippen molar-refractivity contribution in [3.8, 4) is 0 Å². The van der Waals surface area contributed by atoms with Gasteiger partial charge < -0.3 is 10.0 Å². The summed E-state index contributed by atoms with van der Waals surface area (Å²) in [7, 11) is 1.46. The van der Waals surface area contributed by atoms with Gasteiger partial charge >= 0.3 is 6.18 Å². The van der Waals surface area contributed by atoms with Crippen LogP contribution >= 0.6 is 11.3 Å². The highest BCUT2D eigenvalue weighted by Gasteiger charge is 2.38. The maximum atomic E-state index is 12.2. The fraction of sp³-hybridized carbons (Fsp3) is 0.500. The Morgan fingerprint density at radius 2 is 2.24 bits per heavy atom. The van der Waals surface area contributed by atoms with E-state index in [1.807, 2.05) is 0 Å². The molecule has 5 nitrogen and oxygen atoms in total. The fourth-order valence-electron chi connectivity index (χ4n) is 1.81. The van der Waals surface area contributed by atoms with Gasteiger partial charge in [0.25, 0.3) is 5.56 Å². The van der Waals surface area contributed by atoms with Crippen LogP contribution in [0.25, 0.3) is 10.2 Å². The van der Waals surface area contributed by atoms with E-state index >= 15 is 0 Å². The Labute approximate surface area is 122 Å². The average molecular weight is 321 g/mol. The lowest BCUT2D eigenvalue weighted by atomic mass is 10.3. The van der Waals surface area contributed by atoms with Crippen LogP contribution in [0.15, 0.2) is 22.6 Å². The first-order valence-corrected chi connectivity index (χ1v) is 7.03. The Balaban J connectivity index is 1.98. The number of aliphatic hydroxyl groups excluding tert-OH is 1. The predicted octanol–water partition coefficient (Wildman–Crippen LogP) is 1.31. The van der Waals surface area contributed by atoms with Crippen molar-refractivity contribution in [3.05, 3.63) is 28.1 Å². The zero-order valence-corrected chi connectivity index (χ0v) is 12.0. The zero-order valence-electron chi connectivity index (χ0n) is 11.2. The molecule has 0 bridgehead atoms. The molecule has 0 amide bonds. The van der Waals surface area contributed by atoms with Crippen LogP contribution in [0.4, 0.5) is 13.2 Å². The summed E-state index contributed by atoms with van der Waals surface area (Å²) in [6, 6.07) is 1.73. The first-order valence-electron chi connectivity index (χ1n) is 6.15. The topological polar surface area (TPSA) is 58.4 Å². The molecule has 0 aliphatic carbocycles. The number of thiophene rings is 1. The molecule has 1 N–H and O–H groups in total. The number of fused-ring (bicyclic) bond motifs is 1. The van der Waals surface area contributed by atoms with Crippen molar-refractivity contribution < 1.29 is 18.3 Å². The first kappa shape index (κ1) is 15.9. The molecule has 0 spiro atoms. The minimum Gasteiger partial charge on any atom is -0.382 e. The zero-order chi connectivity index (χ0) is 15.6. The van der Waals surface area contributed by atoms with Crippen LogP contribution in [-0.2, 0) is 6.54 Å². The van der Waals surface area contributed by atoms with Gasteiger partial charge in [0.2, 0.25) is 0 Å². The van der Waals surface area contributed by atoms with Crippen molar-refractivity contribution in [2.24, 2.45) is 0 Å². The summed E-state index contributed by atoms with van der Waals surface area (Å²) < 4.78 is 38.6. The Morgan fingerprint density at radius 3 is 2.90 bits per heavy atom. The summed E-state index contributed by atoms with van der Waals surface area (Å²) in [5, 5.41) is 10.7. The summed E-state index contributed by atoms with van der Waals surface area (Å²) in [5.74, 6) is 0. The lowest BCUT2D eigenvalue weighted by Gasteiger charge is -2.22. The maximum absolute atomic E-state index is 12.2. The van der Waals surface area contributed by atoms with E-state index in [2.05, 4.69) is 4.98 Å². The molecule has 0 aliphatic heterocycles. The van der Waals surface area contributed by atoms with Crippen LogP contribution in [-0.4, -0.2) is 52.0 Å². The second kappa shape index (κ2) is 6.12. The second-order valence-corrected chi connectivity index (χ2v) is 5.61. The first-order chi connectivity index (χ1) is 9.79. The van der Waals surface area contributed by atoms with E-state index in [1.54, 1.807) is 11.4 Å². The summed E-state index contributed by atoms with van der Waals surface area (Å²) >= 11 is 1.28. The van der Waals surface area contributed by atoms with E-state index in [-0.39, 0.29) is 18.6 Å². The number of aromatic nitrogens is 2. The van der Waals surface area contributed by atoms with E-state index in [4.69, 9.17) is 5.11 Å². The van der Waals surface area contributed by atoms with Gasteiger partial charge in [-0.25, -0.2) is 4.98 Å². The highest BCUT2D eigenvalue weighted by molar-refractivity contribution is 7.17. The van der Waals surface area contributed by atoms with E-state index in [1.165, 1.54) is 34.2 Å². The van der Waals surface area contributed by atoms with E-state index < -0.39 is 18.8 Å². The third-order valence-electron chi connectivity index (χ3n) is 3.02. The number of halogens is 3. The molecule has 9 heteroatoms. The quantitative estimate of drug-likeness (QED) is 0.902. The SMILES string of the molecule is CN(CCn1cnc2ccsc2c1=O)CC(O)C(F)(F)F. The number of alkyl halides is 3. The number of rotatable bonds is 5. The number of nitrogens with zero attached hydrogens (tertiary/aromatic N) is 3. The molecule has 116 valence electrons. The summed E-state index contributed by atoms with van der Waals surface area (Å²) in [6.45, 7) is -0.126. The standard InChI is InChI=1S/C12H14F3N3O2S/c1-17(6-9(19)12(13,14)15)3-4-18-7-16-8-2-5-21-10(8)11(18)20/h2,5,7,9,19H,3-4,6H2,1H3. The summed E-state index contributed by atoms with van der Waals surface area (Å²) in [5.41, 5.74) is 0.405. The summed E-state index contributed by atoms with van der Waals surface area (Å²) in [4.78, 5) is 17.5. The number of likely N-dealkylation sites (N-methyl/N-ethyl adjacent to an activating group) is 1. The molecule has 21 heavy (non-hydrogen) atoms. The lowest BCUT2D eigenvalue weighted by Crippen LogP contribution is -2.40. The minimum absolute atomic E-state index is 0.200. The van der Waals surface area contributed by atoms with Gasteiger partial charge in [-0.2, -0.15) is 13.2 Å². The molecule has 2 aromatic heterocycles. The predicted molar refractivity (Wildman–Crippen MR) is 73.4 cm³/mol. The van der Waals surface area contributed by atoms with Crippen LogP contribution in [0.3, 0.4) is 0 Å². The molecular weight excluding hydrogens is 307 g/mol. The molecule has 0 saturated carbocycles. The lowest BCUT2D eigenvalue weighted by molar-refractivity contribution is -0.207. The van der Waals surface area contributed by atoms with E-state index in [0.29, 0.717) is 10.2 Å². The third-order valence-corrected chi connectivity index (χ3v) is 3.91. The minimum atomic E-state index is -4.64. The highest BCUT2D eigenvalue weighted by Crippen LogP contribution is 2.20. The highest BCUT2D eigenvalue weighted by atomic mass is 32.1. The fourth-order valence-corrected chi connectivity index (χ4v) is 2.60. The molecule has 0 aliphatic rings.